The van der Waals surface area contributed by atoms with Gasteiger partial charge in [-0.3, -0.25) is 4.79 Å². The molecule has 0 aliphatic rings. The molecule has 22 heavy (non-hydrogen) atoms. The number of carboxylic acids is 1. The fraction of sp³-hybridized carbons (Fsp3) is 0.188. The fourth-order valence-corrected chi connectivity index (χ4v) is 2.30. The highest BCUT2D eigenvalue weighted by molar-refractivity contribution is 6.32. The molecule has 0 aromatic heterocycles. The number of nitrogens with two attached hydrogens (primary N) is 1. The number of hydrogen-bond acceptors (Lipinski definition) is 3. The first-order valence-electron chi connectivity index (χ1n) is 6.61. The molecule has 3 N–H and O–H groups in total. The van der Waals surface area contributed by atoms with Gasteiger partial charge in [0, 0.05) is 6.54 Å². The zero-order chi connectivity index (χ0) is 16.1. The molecule has 1 atom stereocenters. The second-order valence-electron chi connectivity index (χ2n) is 4.71. The molecule has 0 amide bonds. The average Bonchev–Trinajstić information content (AvgIpc) is 2.48. The van der Waals surface area contributed by atoms with Crippen LogP contribution in [0, 0.1) is 5.82 Å². The number of hydrogen-bond donors (Lipinski definition) is 2. The number of halogens is 2. The minimum atomic E-state index is -1.13. The van der Waals surface area contributed by atoms with Crippen LogP contribution in [-0.4, -0.2) is 17.6 Å². The number of rotatable bonds is 6. The lowest BCUT2D eigenvalue weighted by Crippen LogP contribution is -2.21. The van der Waals surface area contributed by atoms with Crippen LogP contribution < -0.4 is 10.5 Å². The second kappa shape index (κ2) is 7.24. The Labute approximate surface area is 132 Å². The maximum atomic E-state index is 14.1. The minimum absolute atomic E-state index is 0.0191. The van der Waals surface area contributed by atoms with Gasteiger partial charge in [0.1, 0.15) is 6.61 Å². The van der Waals surface area contributed by atoms with Gasteiger partial charge >= 0.3 is 5.97 Å². The molecule has 6 heteroatoms. The van der Waals surface area contributed by atoms with Crippen LogP contribution in [0.25, 0.3) is 0 Å². The molecule has 4 nitrogen and oxygen atoms in total. The van der Waals surface area contributed by atoms with E-state index in [2.05, 4.69) is 0 Å². The standard InChI is InChI=1S/C16H15ClFNO3/c17-13-6-11(12(8-19)16(20)21)7-14(18)15(13)22-9-10-4-2-1-3-5-10/h1-7,12H,8-9,19H2,(H,20,21). The molecule has 2 aromatic carbocycles. The van der Waals surface area contributed by atoms with Crippen molar-refractivity contribution in [3.05, 3.63) is 64.4 Å². The molecule has 0 saturated carbocycles. The fourth-order valence-electron chi connectivity index (χ4n) is 2.03. The third-order valence-corrected chi connectivity index (χ3v) is 3.46. The van der Waals surface area contributed by atoms with Crippen molar-refractivity contribution in [2.24, 2.45) is 5.73 Å². The molecule has 0 bridgehead atoms. The predicted molar refractivity (Wildman–Crippen MR) is 81.6 cm³/mol. The first-order chi connectivity index (χ1) is 10.5. The Hall–Kier alpha value is -2.11. The lowest BCUT2D eigenvalue weighted by molar-refractivity contribution is -0.138. The molecule has 0 aliphatic carbocycles. The van der Waals surface area contributed by atoms with Crippen LogP contribution in [0.2, 0.25) is 5.02 Å². The normalized spacial score (nSPS) is 12.0. The van der Waals surface area contributed by atoms with E-state index in [1.54, 1.807) is 0 Å². The van der Waals surface area contributed by atoms with Gasteiger partial charge in [-0.2, -0.15) is 0 Å². The van der Waals surface area contributed by atoms with Gasteiger partial charge in [0.15, 0.2) is 11.6 Å². The lowest BCUT2D eigenvalue weighted by atomic mass is 9.99. The van der Waals surface area contributed by atoms with E-state index >= 15 is 0 Å². The van der Waals surface area contributed by atoms with Crippen LogP contribution in [-0.2, 0) is 11.4 Å². The van der Waals surface area contributed by atoms with E-state index in [1.807, 2.05) is 30.3 Å². The zero-order valence-electron chi connectivity index (χ0n) is 11.6. The largest absolute Gasteiger partial charge is 0.484 e. The van der Waals surface area contributed by atoms with Gasteiger partial charge in [0.25, 0.3) is 0 Å². The van der Waals surface area contributed by atoms with Gasteiger partial charge < -0.3 is 15.6 Å². The molecule has 116 valence electrons. The number of carbonyl (C=O) groups is 1. The summed E-state index contributed by atoms with van der Waals surface area (Å²) in [7, 11) is 0. The van der Waals surface area contributed by atoms with Crippen molar-refractivity contribution in [1.29, 1.82) is 0 Å². The van der Waals surface area contributed by atoms with Crippen LogP contribution in [0.15, 0.2) is 42.5 Å². The van der Waals surface area contributed by atoms with E-state index in [9.17, 15) is 9.18 Å². The summed E-state index contributed by atoms with van der Waals surface area (Å²) in [4.78, 5) is 11.1. The number of ether oxygens (including phenoxy) is 1. The Balaban J connectivity index is 2.21. The van der Waals surface area contributed by atoms with Gasteiger partial charge in [0.05, 0.1) is 10.9 Å². The van der Waals surface area contributed by atoms with E-state index in [4.69, 9.17) is 27.2 Å². The van der Waals surface area contributed by atoms with Gasteiger partial charge in [-0.05, 0) is 23.3 Å². The van der Waals surface area contributed by atoms with Crippen molar-refractivity contribution in [3.8, 4) is 5.75 Å². The number of carboxylic acid groups (broad SMARTS) is 1. The highest BCUT2D eigenvalue weighted by atomic mass is 35.5. The summed E-state index contributed by atoms with van der Waals surface area (Å²) in [5, 5.41) is 9.07. The topological polar surface area (TPSA) is 72.6 Å². The Morgan fingerprint density at radius 3 is 2.55 bits per heavy atom. The Kier molecular flexibility index (Phi) is 5.35. The maximum absolute atomic E-state index is 14.1. The van der Waals surface area contributed by atoms with Crippen molar-refractivity contribution in [2.75, 3.05) is 6.54 Å². The van der Waals surface area contributed by atoms with E-state index < -0.39 is 17.7 Å². The quantitative estimate of drug-likeness (QED) is 0.856. The summed E-state index contributed by atoms with van der Waals surface area (Å²) >= 11 is 6.01. The number of aliphatic carboxylic acids is 1. The average molecular weight is 324 g/mol. The first kappa shape index (κ1) is 16.3. The smallest absolute Gasteiger partial charge is 0.312 e. The van der Waals surface area contributed by atoms with Crippen LogP contribution in [0.1, 0.15) is 17.0 Å². The Morgan fingerprint density at radius 1 is 1.32 bits per heavy atom. The van der Waals surface area contributed by atoms with Crippen LogP contribution in [0.3, 0.4) is 0 Å². The second-order valence-corrected chi connectivity index (χ2v) is 5.12. The van der Waals surface area contributed by atoms with Gasteiger partial charge in [-0.15, -0.1) is 0 Å². The van der Waals surface area contributed by atoms with E-state index in [0.717, 1.165) is 11.6 Å². The predicted octanol–water partition coefficient (Wildman–Crippen LogP) is 3.19. The molecular weight excluding hydrogens is 309 g/mol. The summed E-state index contributed by atoms with van der Waals surface area (Å²) in [6.07, 6.45) is 0. The molecule has 0 radical (unpaired) electrons. The molecule has 2 rings (SSSR count). The zero-order valence-corrected chi connectivity index (χ0v) is 12.4. The van der Waals surface area contributed by atoms with Gasteiger partial charge in [-0.1, -0.05) is 41.9 Å². The summed E-state index contributed by atoms with van der Waals surface area (Å²) < 4.78 is 19.5. The molecular formula is C16H15ClFNO3. The monoisotopic (exact) mass is 323 g/mol. The van der Waals surface area contributed by atoms with Crippen LogP contribution >= 0.6 is 11.6 Å². The lowest BCUT2D eigenvalue weighted by Gasteiger charge is -2.14. The highest BCUT2D eigenvalue weighted by Crippen LogP contribution is 2.32. The van der Waals surface area contributed by atoms with Crippen molar-refractivity contribution < 1.29 is 19.0 Å². The third-order valence-electron chi connectivity index (χ3n) is 3.18. The van der Waals surface area contributed by atoms with E-state index in [-0.39, 0.29) is 29.5 Å². The molecule has 2 aromatic rings. The summed E-state index contributed by atoms with van der Waals surface area (Å²) in [5.74, 6) is -2.94. The first-order valence-corrected chi connectivity index (χ1v) is 6.99. The Bertz CT molecular complexity index is 641. The van der Waals surface area contributed by atoms with Gasteiger partial charge in [0.2, 0.25) is 0 Å². The van der Waals surface area contributed by atoms with Crippen molar-refractivity contribution >= 4 is 17.6 Å². The number of benzene rings is 2. The molecule has 0 saturated heterocycles. The van der Waals surface area contributed by atoms with E-state index in [0.29, 0.717) is 0 Å². The van der Waals surface area contributed by atoms with E-state index in [1.165, 1.54) is 6.07 Å². The summed E-state index contributed by atoms with van der Waals surface area (Å²) in [5.41, 5.74) is 6.48. The minimum Gasteiger partial charge on any atom is -0.484 e. The van der Waals surface area contributed by atoms with Gasteiger partial charge in [-0.25, -0.2) is 4.39 Å². The van der Waals surface area contributed by atoms with Crippen LogP contribution in [0.4, 0.5) is 4.39 Å². The molecule has 0 heterocycles. The highest BCUT2D eigenvalue weighted by Gasteiger charge is 2.21. The van der Waals surface area contributed by atoms with Crippen molar-refractivity contribution in [3.63, 3.8) is 0 Å². The molecule has 1 unspecified atom stereocenters. The van der Waals surface area contributed by atoms with Crippen LogP contribution in [0.5, 0.6) is 5.75 Å². The molecule has 0 spiro atoms. The maximum Gasteiger partial charge on any atom is 0.312 e. The third kappa shape index (κ3) is 3.75. The molecule has 0 aliphatic heterocycles. The SMILES string of the molecule is NCC(C(=O)O)c1cc(F)c(OCc2ccccc2)c(Cl)c1. The van der Waals surface area contributed by atoms with Crippen molar-refractivity contribution in [2.45, 2.75) is 12.5 Å². The van der Waals surface area contributed by atoms with Crippen molar-refractivity contribution in [1.82, 2.24) is 0 Å². The molecule has 0 fully saturated rings. The summed E-state index contributed by atoms with van der Waals surface area (Å²) in [6.45, 7) is 0.0192. The Morgan fingerprint density at radius 2 is 2.00 bits per heavy atom. The summed E-state index contributed by atoms with van der Waals surface area (Å²) in [6, 6.07) is 11.7.